The Balaban J connectivity index is 1.29. The van der Waals surface area contributed by atoms with Crippen LogP contribution in [0.15, 0.2) is 198 Å². The lowest BCUT2D eigenvalue weighted by Gasteiger charge is -2.40. The Morgan fingerprint density at radius 1 is 0.408 bits per heavy atom. The summed E-state index contributed by atoms with van der Waals surface area (Å²) in [5, 5.41) is 2.58. The largest absolute Gasteiger partial charge is 0.310 e. The molecule has 8 aromatic rings. The summed E-state index contributed by atoms with van der Waals surface area (Å²) in [5.41, 5.74) is 13.4. The average Bonchev–Trinajstić information content (AvgIpc) is 3.47. The number of anilines is 3. The summed E-state index contributed by atoms with van der Waals surface area (Å²) in [7, 11) is 0. The predicted octanol–water partition coefficient (Wildman–Crippen LogP) is 12.8. The molecule has 1 nitrogen and oxygen atoms in total. The zero-order valence-corrected chi connectivity index (χ0v) is 27.6. The summed E-state index contributed by atoms with van der Waals surface area (Å²) in [6, 6.07) is 69.1. The number of hydrogen-bond donors (Lipinski definition) is 0. The summed E-state index contributed by atoms with van der Waals surface area (Å²) in [5.74, 6) is 0. The first-order valence-corrected chi connectivity index (χ1v) is 17.7. The molecule has 0 saturated carbocycles. The standard InChI is InChI=1S/C47H31NS/c1-3-14-32(15-4-1)33-26-29-36(30-27-33)48(35-17-5-2-6-18-35)42-24-13-23-41-45(42)38-20-9-10-21-39(38)47(41)40-22-11-12-25-43(40)49-44-31-28-34-16-7-8-19-37(34)46(44)47/h1-31H. The van der Waals surface area contributed by atoms with Gasteiger partial charge in [-0.05, 0) is 92.2 Å². The third-order valence-electron chi connectivity index (χ3n) is 10.3. The van der Waals surface area contributed by atoms with E-state index in [-0.39, 0.29) is 0 Å². The van der Waals surface area contributed by atoms with Crippen molar-refractivity contribution < 1.29 is 0 Å². The second-order valence-electron chi connectivity index (χ2n) is 12.8. The Hall–Kier alpha value is -5.83. The van der Waals surface area contributed by atoms with Crippen LogP contribution in [0, 0.1) is 0 Å². The number of benzene rings is 8. The minimum Gasteiger partial charge on any atom is -0.310 e. The molecule has 1 unspecified atom stereocenters. The van der Waals surface area contributed by atoms with Crippen molar-refractivity contribution in [3.8, 4) is 22.3 Å². The van der Waals surface area contributed by atoms with Crippen molar-refractivity contribution in [3.63, 3.8) is 0 Å². The fourth-order valence-corrected chi connectivity index (χ4v) is 9.55. The third-order valence-corrected chi connectivity index (χ3v) is 11.4. The topological polar surface area (TPSA) is 3.24 Å². The highest BCUT2D eigenvalue weighted by Gasteiger charge is 2.51. The van der Waals surface area contributed by atoms with Gasteiger partial charge in [-0.3, -0.25) is 0 Å². The van der Waals surface area contributed by atoms with E-state index in [0.717, 1.165) is 11.4 Å². The van der Waals surface area contributed by atoms with E-state index in [4.69, 9.17) is 0 Å². The highest BCUT2D eigenvalue weighted by molar-refractivity contribution is 7.99. The fraction of sp³-hybridized carbons (Fsp3) is 0.0213. The normalized spacial score (nSPS) is 15.3. The minimum absolute atomic E-state index is 0.473. The van der Waals surface area contributed by atoms with Gasteiger partial charge >= 0.3 is 0 Å². The number of nitrogens with zero attached hydrogens (tertiary/aromatic N) is 1. The van der Waals surface area contributed by atoms with Gasteiger partial charge in [0.05, 0.1) is 11.1 Å². The van der Waals surface area contributed by atoms with Crippen LogP contribution < -0.4 is 4.90 Å². The molecule has 49 heavy (non-hydrogen) atoms. The third kappa shape index (κ3) is 4.14. The number of para-hydroxylation sites is 1. The molecule has 1 spiro atoms. The average molecular weight is 642 g/mol. The summed E-state index contributed by atoms with van der Waals surface area (Å²) < 4.78 is 0. The maximum Gasteiger partial charge on any atom is 0.0742 e. The Morgan fingerprint density at radius 3 is 1.88 bits per heavy atom. The van der Waals surface area contributed by atoms with Crippen molar-refractivity contribution in [1.82, 2.24) is 0 Å². The van der Waals surface area contributed by atoms with Crippen LogP contribution >= 0.6 is 11.8 Å². The van der Waals surface area contributed by atoms with Gasteiger partial charge in [0.1, 0.15) is 0 Å². The van der Waals surface area contributed by atoms with Gasteiger partial charge in [0.2, 0.25) is 0 Å². The molecule has 0 saturated heterocycles. The molecule has 2 aliphatic rings. The van der Waals surface area contributed by atoms with Crippen LogP contribution in [0.25, 0.3) is 33.0 Å². The van der Waals surface area contributed by atoms with Crippen LogP contribution in [-0.2, 0) is 5.41 Å². The molecule has 0 N–H and O–H groups in total. The van der Waals surface area contributed by atoms with E-state index < -0.39 is 5.41 Å². The first kappa shape index (κ1) is 28.2. The molecule has 0 bridgehead atoms. The van der Waals surface area contributed by atoms with Gasteiger partial charge in [-0.1, -0.05) is 157 Å². The van der Waals surface area contributed by atoms with Crippen molar-refractivity contribution >= 4 is 39.6 Å². The van der Waals surface area contributed by atoms with Crippen molar-refractivity contribution in [3.05, 3.63) is 210 Å². The Kier molecular flexibility index (Phi) is 6.40. The lowest BCUT2D eigenvalue weighted by Crippen LogP contribution is -2.32. The van der Waals surface area contributed by atoms with Gasteiger partial charge in [-0.25, -0.2) is 0 Å². The van der Waals surface area contributed by atoms with Crippen LogP contribution in [0.2, 0.25) is 0 Å². The van der Waals surface area contributed by atoms with Crippen LogP contribution in [0.5, 0.6) is 0 Å². The molecule has 1 atom stereocenters. The van der Waals surface area contributed by atoms with Crippen LogP contribution in [-0.4, -0.2) is 0 Å². The van der Waals surface area contributed by atoms with E-state index in [1.54, 1.807) is 0 Å². The Morgan fingerprint density at radius 2 is 1.04 bits per heavy atom. The summed E-state index contributed by atoms with van der Waals surface area (Å²) in [6.45, 7) is 0. The molecule has 230 valence electrons. The number of hydrogen-bond acceptors (Lipinski definition) is 2. The lowest BCUT2D eigenvalue weighted by atomic mass is 9.66. The maximum absolute atomic E-state index is 2.44. The molecule has 0 aromatic heterocycles. The molecule has 10 rings (SSSR count). The van der Waals surface area contributed by atoms with Crippen LogP contribution in [0.1, 0.15) is 22.3 Å². The van der Waals surface area contributed by atoms with Gasteiger partial charge < -0.3 is 4.90 Å². The minimum atomic E-state index is -0.473. The predicted molar refractivity (Wildman–Crippen MR) is 205 cm³/mol. The Bertz CT molecular complexity index is 2520. The van der Waals surface area contributed by atoms with E-state index in [0.29, 0.717) is 0 Å². The molecule has 0 amide bonds. The number of fused-ring (bicyclic) bond motifs is 11. The molecule has 1 aliphatic heterocycles. The molecule has 1 heterocycles. The number of rotatable bonds is 4. The zero-order valence-electron chi connectivity index (χ0n) is 26.8. The van der Waals surface area contributed by atoms with Gasteiger partial charge in [0, 0.05) is 26.7 Å². The molecule has 1 aliphatic carbocycles. The van der Waals surface area contributed by atoms with Crippen molar-refractivity contribution in [2.24, 2.45) is 0 Å². The van der Waals surface area contributed by atoms with E-state index in [2.05, 4.69) is 193 Å². The van der Waals surface area contributed by atoms with Gasteiger partial charge in [-0.15, -0.1) is 0 Å². The highest BCUT2D eigenvalue weighted by atomic mass is 32.2. The Labute approximate surface area is 291 Å². The van der Waals surface area contributed by atoms with Crippen LogP contribution in [0.4, 0.5) is 17.1 Å². The van der Waals surface area contributed by atoms with Gasteiger partial charge in [0.25, 0.3) is 0 Å². The summed E-state index contributed by atoms with van der Waals surface area (Å²) in [4.78, 5) is 5.08. The zero-order chi connectivity index (χ0) is 32.4. The fourth-order valence-electron chi connectivity index (χ4n) is 8.33. The van der Waals surface area contributed by atoms with Gasteiger partial charge in [0.15, 0.2) is 0 Å². The highest BCUT2D eigenvalue weighted by Crippen LogP contribution is 2.65. The van der Waals surface area contributed by atoms with Crippen molar-refractivity contribution in [2.75, 3.05) is 4.90 Å². The van der Waals surface area contributed by atoms with Crippen molar-refractivity contribution in [1.29, 1.82) is 0 Å². The SMILES string of the molecule is c1ccc(-c2ccc(N(c3ccccc3)c3cccc4c3-c3ccccc3C43c4ccccc4Sc4ccc5ccccc5c43)cc2)cc1. The van der Waals surface area contributed by atoms with Gasteiger partial charge in [-0.2, -0.15) is 0 Å². The summed E-state index contributed by atoms with van der Waals surface area (Å²) in [6.07, 6.45) is 0. The van der Waals surface area contributed by atoms with Crippen molar-refractivity contribution in [2.45, 2.75) is 15.2 Å². The smallest absolute Gasteiger partial charge is 0.0742 e. The molecular formula is C47H31NS. The molecule has 2 heteroatoms. The maximum atomic E-state index is 2.44. The monoisotopic (exact) mass is 641 g/mol. The molecule has 8 aromatic carbocycles. The molecule has 0 radical (unpaired) electrons. The molecule has 0 fully saturated rings. The van der Waals surface area contributed by atoms with E-state index in [1.807, 2.05) is 11.8 Å². The second-order valence-corrected chi connectivity index (χ2v) is 13.9. The second kappa shape index (κ2) is 11.1. The molecular weight excluding hydrogens is 611 g/mol. The van der Waals surface area contributed by atoms with E-state index in [9.17, 15) is 0 Å². The first-order chi connectivity index (χ1) is 24.3. The quantitative estimate of drug-likeness (QED) is 0.188. The lowest BCUT2D eigenvalue weighted by molar-refractivity contribution is 0.730. The van der Waals surface area contributed by atoms with Crippen LogP contribution in [0.3, 0.4) is 0 Å². The first-order valence-electron chi connectivity index (χ1n) is 16.9. The van der Waals surface area contributed by atoms with E-state index in [1.165, 1.54) is 70.8 Å². The van der Waals surface area contributed by atoms with E-state index >= 15 is 0 Å². The summed E-state index contributed by atoms with van der Waals surface area (Å²) >= 11 is 1.90.